The number of amides is 1. The number of fused-ring (bicyclic) bond motifs is 1. The summed E-state index contributed by atoms with van der Waals surface area (Å²) in [5.41, 5.74) is 6.57. The van der Waals surface area contributed by atoms with Crippen LogP contribution in [0.25, 0.3) is 0 Å². The highest BCUT2D eigenvalue weighted by atomic mass is 16.2. The zero-order chi connectivity index (χ0) is 23.8. The van der Waals surface area contributed by atoms with Gasteiger partial charge in [0.05, 0.1) is 6.54 Å². The topological polar surface area (TPSA) is 65.5 Å². The zero-order valence-electron chi connectivity index (χ0n) is 20.6. The minimum atomic E-state index is 0.0940. The Morgan fingerprint density at radius 3 is 2.41 bits per heavy atom. The third kappa shape index (κ3) is 4.88. The largest absolute Gasteiger partial charge is 0.371 e. The molecule has 1 aliphatic heterocycles. The molecule has 5 rings (SSSR count). The van der Waals surface area contributed by atoms with Gasteiger partial charge in [0.25, 0.3) is 5.91 Å². The van der Waals surface area contributed by atoms with Crippen molar-refractivity contribution in [2.24, 2.45) is 5.92 Å². The van der Waals surface area contributed by atoms with Gasteiger partial charge in [0.15, 0.2) is 0 Å². The van der Waals surface area contributed by atoms with E-state index >= 15 is 0 Å². The molecular formula is C28H36N4O2. The number of aryl methyl sites for hydroxylation is 3. The quantitative estimate of drug-likeness (QED) is 0.677. The maximum Gasteiger partial charge on any atom is 0.253 e. The molecule has 1 saturated heterocycles. The highest BCUT2D eigenvalue weighted by molar-refractivity contribution is 5.94. The molecule has 180 valence electrons. The van der Waals surface area contributed by atoms with Gasteiger partial charge in [-0.3, -0.25) is 14.6 Å². The first-order valence-corrected chi connectivity index (χ1v) is 12.8. The van der Waals surface area contributed by atoms with Crippen LogP contribution in [0.3, 0.4) is 0 Å². The number of piperidine rings is 1. The number of ketones is 1. The molecule has 3 aliphatic rings. The van der Waals surface area contributed by atoms with E-state index in [1.807, 2.05) is 31.9 Å². The fraction of sp³-hybridized carbons (Fsp3) is 0.536. The number of nitrogens with zero attached hydrogens (tertiary/aromatic N) is 3. The van der Waals surface area contributed by atoms with Gasteiger partial charge in [-0.15, -0.1) is 0 Å². The fourth-order valence-electron chi connectivity index (χ4n) is 5.60. The molecule has 1 saturated carbocycles. The molecule has 0 radical (unpaired) electrons. The second-order valence-electron chi connectivity index (χ2n) is 10.4. The Labute approximate surface area is 202 Å². The van der Waals surface area contributed by atoms with E-state index < -0.39 is 0 Å². The number of carbonyl (C=O) groups excluding carboxylic acids is 2. The number of nitrogens with one attached hydrogen (secondary N) is 1. The average Bonchev–Trinajstić information content (AvgIpc) is 3.61. The van der Waals surface area contributed by atoms with Crippen LogP contribution >= 0.6 is 0 Å². The number of rotatable bonds is 7. The second-order valence-corrected chi connectivity index (χ2v) is 10.4. The van der Waals surface area contributed by atoms with Crippen LogP contribution in [0.15, 0.2) is 30.3 Å². The summed E-state index contributed by atoms with van der Waals surface area (Å²) in [7, 11) is 1.95. The lowest BCUT2D eigenvalue weighted by molar-refractivity contribution is -0.119. The number of anilines is 1. The van der Waals surface area contributed by atoms with Gasteiger partial charge in [-0.1, -0.05) is 6.07 Å². The SMILES string of the molecule is Cc1cc(N2CCC(N(C)C(=O)c3ccc4c(c3)C(NCC(=O)C3CC3)CC4)CC2)cc(C)n1. The summed E-state index contributed by atoms with van der Waals surface area (Å²) < 4.78 is 0. The standard InChI is InChI=1S/C28H36N4O2/c1-18-14-24(15-19(2)30-18)32-12-10-23(11-13-32)31(3)28(34)22-7-4-20-8-9-26(25(20)16-22)29-17-27(33)21-5-6-21/h4,7,14-16,21,23,26,29H,5-6,8-13,17H2,1-3H3. The average molecular weight is 461 g/mol. The van der Waals surface area contributed by atoms with Crippen molar-refractivity contribution in [3.05, 3.63) is 58.4 Å². The summed E-state index contributed by atoms with van der Waals surface area (Å²) in [4.78, 5) is 34.4. The van der Waals surface area contributed by atoms with E-state index in [-0.39, 0.29) is 23.9 Å². The number of carbonyl (C=O) groups is 2. The maximum atomic E-state index is 13.4. The highest BCUT2D eigenvalue weighted by Crippen LogP contribution is 2.34. The molecule has 2 heterocycles. The summed E-state index contributed by atoms with van der Waals surface area (Å²) in [5, 5.41) is 3.46. The van der Waals surface area contributed by atoms with Gasteiger partial charge in [-0.2, -0.15) is 0 Å². The second kappa shape index (κ2) is 9.49. The minimum absolute atomic E-state index is 0.0940. The van der Waals surface area contributed by atoms with Crippen molar-refractivity contribution in [2.45, 2.75) is 64.5 Å². The van der Waals surface area contributed by atoms with E-state index in [9.17, 15) is 9.59 Å². The van der Waals surface area contributed by atoms with Crippen LogP contribution in [0.2, 0.25) is 0 Å². The van der Waals surface area contributed by atoms with Crippen molar-refractivity contribution in [1.82, 2.24) is 15.2 Å². The minimum Gasteiger partial charge on any atom is -0.371 e. The molecule has 1 unspecified atom stereocenters. The molecule has 1 aromatic heterocycles. The number of hydrogen-bond donors (Lipinski definition) is 1. The van der Waals surface area contributed by atoms with E-state index in [4.69, 9.17) is 0 Å². The predicted octanol–water partition coefficient (Wildman–Crippen LogP) is 4.00. The molecule has 2 aromatic rings. The number of benzene rings is 1. The molecule has 2 aliphatic carbocycles. The Hall–Kier alpha value is -2.73. The molecule has 34 heavy (non-hydrogen) atoms. The van der Waals surface area contributed by atoms with E-state index in [2.05, 4.69) is 39.5 Å². The number of Topliss-reactive ketones (excluding diaryl/α,β-unsaturated/α-hetero) is 1. The van der Waals surface area contributed by atoms with Gasteiger partial charge >= 0.3 is 0 Å². The van der Waals surface area contributed by atoms with Crippen molar-refractivity contribution in [3.8, 4) is 0 Å². The Morgan fingerprint density at radius 1 is 1.03 bits per heavy atom. The Bertz CT molecular complexity index is 1070. The van der Waals surface area contributed by atoms with Crippen LogP contribution in [-0.4, -0.2) is 54.3 Å². The molecule has 2 fully saturated rings. The molecule has 6 nitrogen and oxygen atoms in total. The smallest absolute Gasteiger partial charge is 0.253 e. The van der Waals surface area contributed by atoms with Crippen molar-refractivity contribution in [2.75, 3.05) is 31.6 Å². The molecule has 6 heteroatoms. The molecule has 1 atom stereocenters. The van der Waals surface area contributed by atoms with Crippen LogP contribution in [0.1, 0.15) is 71.0 Å². The summed E-state index contributed by atoms with van der Waals surface area (Å²) in [6, 6.07) is 10.9. The lowest BCUT2D eigenvalue weighted by atomic mass is 10.00. The summed E-state index contributed by atoms with van der Waals surface area (Å²) in [6.07, 6.45) is 6.01. The third-order valence-electron chi connectivity index (χ3n) is 7.79. The zero-order valence-corrected chi connectivity index (χ0v) is 20.6. The van der Waals surface area contributed by atoms with Gasteiger partial charge in [-0.05, 0) is 87.8 Å². The fourth-order valence-corrected chi connectivity index (χ4v) is 5.60. The van der Waals surface area contributed by atoms with Gasteiger partial charge in [-0.25, -0.2) is 0 Å². The first-order valence-electron chi connectivity index (χ1n) is 12.8. The summed E-state index contributed by atoms with van der Waals surface area (Å²) in [6.45, 7) is 6.41. The first-order chi connectivity index (χ1) is 16.4. The first kappa shape index (κ1) is 23.0. The number of hydrogen-bond acceptors (Lipinski definition) is 5. The predicted molar refractivity (Wildman–Crippen MR) is 134 cm³/mol. The van der Waals surface area contributed by atoms with E-state index in [1.165, 1.54) is 16.8 Å². The number of aromatic nitrogens is 1. The highest BCUT2D eigenvalue weighted by Gasteiger charge is 2.31. The van der Waals surface area contributed by atoms with E-state index in [0.717, 1.165) is 68.6 Å². The maximum absolute atomic E-state index is 13.4. The Morgan fingerprint density at radius 2 is 1.74 bits per heavy atom. The molecule has 1 amide bonds. The van der Waals surface area contributed by atoms with Crippen LogP contribution < -0.4 is 10.2 Å². The molecule has 0 spiro atoms. The van der Waals surface area contributed by atoms with E-state index in [0.29, 0.717) is 12.3 Å². The van der Waals surface area contributed by atoms with Gasteiger partial charge in [0, 0.05) is 60.8 Å². The van der Waals surface area contributed by atoms with E-state index in [1.54, 1.807) is 0 Å². The van der Waals surface area contributed by atoms with Gasteiger partial charge in [0.2, 0.25) is 0 Å². The lowest BCUT2D eigenvalue weighted by Gasteiger charge is -2.38. The summed E-state index contributed by atoms with van der Waals surface area (Å²) in [5.74, 6) is 0.716. The monoisotopic (exact) mass is 460 g/mol. The lowest BCUT2D eigenvalue weighted by Crippen LogP contribution is -2.45. The number of pyridine rings is 1. The third-order valence-corrected chi connectivity index (χ3v) is 7.79. The van der Waals surface area contributed by atoms with Gasteiger partial charge < -0.3 is 15.1 Å². The van der Waals surface area contributed by atoms with Crippen LogP contribution in [0, 0.1) is 19.8 Å². The molecule has 1 aromatic carbocycles. The van der Waals surface area contributed by atoms with Crippen molar-refractivity contribution >= 4 is 17.4 Å². The van der Waals surface area contributed by atoms with Gasteiger partial charge in [0.1, 0.15) is 5.78 Å². The Balaban J connectivity index is 1.21. The van der Waals surface area contributed by atoms with Crippen molar-refractivity contribution < 1.29 is 9.59 Å². The molecular weight excluding hydrogens is 424 g/mol. The van der Waals surface area contributed by atoms with Crippen molar-refractivity contribution in [3.63, 3.8) is 0 Å². The molecule has 0 bridgehead atoms. The van der Waals surface area contributed by atoms with Crippen LogP contribution in [-0.2, 0) is 11.2 Å². The molecule has 1 N–H and O–H groups in total. The van der Waals surface area contributed by atoms with Crippen molar-refractivity contribution in [1.29, 1.82) is 0 Å². The Kier molecular flexibility index (Phi) is 6.43. The summed E-state index contributed by atoms with van der Waals surface area (Å²) >= 11 is 0. The normalized spacial score (nSPS) is 20.3. The van der Waals surface area contributed by atoms with Crippen LogP contribution in [0.5, 0.6) is 0 Å². The van der Waals surface area contributed by atoms with Crippen LogP contribution in [0.4, 0.5) is 5.69 Å².